The molecule has 0 spiro atoms. The van der Waals surface area contributed by atoms with Gasteiger partial charge in [-0.2, -0.15) is 0 Å². The first kappa shape index (κ1) is 25.8. The van der Waals surface area contributed by atoms with Gasteiger partial charge >= 0.3 is 6.03 Å². The van der Waals surface area contributed by atoms with E-state index < -0.39 is 0 Å². The second-order valence-corrected chi connectivity index (χ2v) is 9.33. The van der Waals surface area contributed by atoms with E-state index in [0.29, 0.717) is 43.5 Å². The number of anilines is 3. The molecule has 1 atom stereocenters. The molecule has 2 aliphatic heterocycles. The van der Waals surface area contributed by atoms with Crippen molar-refractivity contribution in [3.8, 4) is 11.4 Å². The average molecular weight is 519 g/mol. The molecule has 0 radical (unpaired) electrons. The van der Waals surface area contributed by atoms with Crippen LogP contribution >= 0.6 is 0 Å². The summed E-state index contributed by atoms with van der Waals surface area (Å²) in [6.07, 6.45) is 3.05. The number of hydrogen-bond donors (Lipinski definition) is 3. The van der Waals surface area contributed by atoms with Gasteiger partial charge in [-0.05, 0) is 57.0 Å². The van der Waals surface area contributed by atoms with E-state index >= 15 is 0 Å². The number of carbonyl (C=O) groups excluding carboxylic acids is 1. The number of aromatic nitrogens is 4. The SMILES string of the molecule is CCNC(=O)Nc1ccc(-c2nc3c(c(N4CCOCC4)n2)CCN(c2ccnc(C)n2)[C@H]3CCO)cc1. The highest BCUT2D eigenvalue weighted by Crippen LogP contribution is 2.39. The number of hydrogen-bond acceptors (Lipinski definition) is 9. The Labute approximate surface area is 222 Å². The highest BCUT2D eigenvalue weighted by molar-refractivity contribution is 5.89. The molecule has 2 aliphatic rings. The van der Waals surface area contributed by atoms with Crippen LogP contribution in [0, 0.1) is 6.92 Å². The summed E-state index contributed by atoms with van der Waals surface area (Å²) in [6, 6.07) is 9.05. The first-order valence-electron chi connectivity index (χ1n) is 13.1. The molecule has 0 saturated carbocycles. The van der Waals surface area contributed by atoms with Gasteiger partial charge in [-0.15, -0.1) is 0 Å². The van der Waals surface area contributed by atoms with E-state index in [4.69, 9.17) is 14.7 Å². The normalized spacial score (nSPS) is 17.2. The first-order chi connectivity index (χ1) is 18.6. The summed E-state index contributed by atoms with van der Waals surface area (Å²) in [4.78, 5) is 35.5. The van der Waals surface area contributed by atoms with Gasteiger partial charge < -0.3 is 30.3 Å². The van der Waals surface area contributed by atoms with Gasteiger partial charge in [0.25, 0.3) is 0 Å². The van der Waals surface area contributed by atoms with Gasteiger partial charge in [0.2, 0.25) is 0 Å². The number of nitrogens with one attached hydrogen (secondary N) is 2. The molecule has 5 rings (SSSR count). The van der Waals surface area contributed by atoms with Crippen molar-refractivity contribution in [1.82, 2.24) is 25.3 Å². The average Bonchev–Trinajstić information content (AvgIpc) is 2.94. The molecule has 4 heterocycles. The number of amides is 2. The highest BCUT2D eigenvalue weighted by atomic mass is 16.5. The topological polar surface area (TPSA) is 129 Å². The number of morpholine rings is 1. The second-order valence-electron chi connectivity index (χ2n) is 9.33. The van der Waals surface area contributed by atoms with Crippen LogP contribution in [0.5, 0.6) is 0 Å². The number of rotatable bonds is 7. The minimum Gasteiger partial charge on any atom is -0.396 e. The lowest BCUT2D eigenvalue weighted by Gasteiger charge is -2.39. The minimum absolute atomic E-state index is 0.0249. The lowest BCUT2D eigenvalue weighted by Crippen LogP contribution is -2.41. The maximum Gasteiger partial charge on any atom is 0.319 e. The van der Waals surface area contributed by atoms with Crippen LogP contribution in [0.4, 0.5) is 22.1 Å². The molecule has 0 bridgehead atoms. The Morgan fingerprint density at radius 3 is 2.61 bits per heavy atom. The standard InChI is InChI=1S/C27H34N8O3/c1-3-28-27(37)31-20-6-4-19(5-7-20)25-32-24-21(26(33-25)34-13-16-38-17-14-34)9-12-35(22(24)10-15-36)23-8-11-29-18(2)30-23/h4-8,11,22,36H,3,9-10,12-17H2,1-2H3,(H2,28,31,37)/t22-/m0/s1. The number of benzene rings is 1. The van der Waals surface area contributed by atoms with Crippen LogP contribution < -0.4 is 20.4 Å². The van der Waals surface area contributed by atoms with E-state index in [-0.39, 0.29) is 18.7 Å². The molecule has 3 aromatic rings. The maximum absolute atomic E-state index is 11.9. The fourth-order valence-corrected chi connectivity index (χ4v) is 5.04. The predicted molar refractivity (Wildman–Crippen MR) is 145 cm³/mol. The van der Waals surface area contributed by atoms with Crippen molar-refractivity contribution in [2.75, 3.05) is 61.1 Å². The summed E-state index contributed by atoms with van der Waals surface area (Å²) >= 11 is 0. The lowest BCUT2D eigenvalue weighted by molar-refractivity contribution is 0.122. The molecule has 2 aromatic heterocycles. The zero-order chi connectivity index (χ0) is 26.5. The number of aliphatic hydroxyl groups is 1. The summed E-state index contributed by atoms with van der Waals surface area (Å²) in [7, 11) is 0. The van der Waals surface area contributed by atoms with E-state index in [0.717, 1.165) is 54.5 Å². The van der Waals surface area contributed by atoms with Crippen molar-refractivity contribution < 1.29 is 14.6 Å². The van der Waals surface area contributed by atoms with E-state index in [1.165, 1.54) is 0 Å². The van der Waals surface area contributed by atoms with Crippen LogP contribution in [0.3, 0.4) is 0 Å². The fourth-order valence-electron chi connectivity index (χ4n) is 5.04. The van der Waals surface area contributed by atoms with E-state index in [9.17, 15) is 9.90 Å². The second kappa shape index (κ2) is 11.7. The number of fused-ring (bicyclic) bond motifs is 1. The Morgan fingerprint density at radius 2 is 1.89 bits per heavy atom. The van der Waals surface area contributed by atoms with Crippen LogP contribution in [0.2, 0.25) is 0 Å². The summed E-state index contributed by atoms with van der Waals surface area (Å²) in [6.45, 7) is 7.91. The monoisotopic (exact) mass is 518 g/mol. The number of ether oxygens (including phenoxy) is 1. The van der Waals surface area contributed by atoms with Crippen molar-refractivity contribution in [2.45, 2.75) is 32.7 Å². The third-order valence-corrected chi connectivity index (χ3v) is 6.82. The van der Waals surface area contributed by atoms with Gasteiger partial charge in [0, 0.05) is 55.8 Å². The van der Waals surface area contributed by atoms with Gasteiger partial charge in [0.15, 0.2) is 5.82 Å². The van der Waals surface area contributed by atoms with Gasteiger partial charge in [-0.3, -0.25) is 0 Å². The smallest absolute Gasteiger partial charge is 0.319 e. The molecule has 0 unspecified atom stereocenters. The molecule has 3 N–H and O–H groups in total. The van der Waals surface area contributed by atoms with Crippen LogP contribution in [0.15, 0.2) is 36.5 Å². The van der Waals surface area contributed by atoms with Crippen LogP contribution in [0.25, 0.3) is 11.4 Å². The molecule has 38 heavy (non-hydrogen) atoms. The third-order valence-electron chi connectivity index (χ3n) is 6.82. The molecule has 11 heteroatoms. The Bertz CT molecular complexity index is 1260. The number of aryl methyl sites for hydroxylation is 1. The van der Waals surface area contributed by atoms with Gasteiger partial charge in [-0.1, -0.05) is 0 Å². The summed E-state index contributed by atoms with van der Waals surface area (Å²) in [5, 5.41) is 15.6. The molecule has 1 saturated heterocycles. The molecular formula is C27H34N8O3. The van der Waals surface area contributed by atoms with Gasteiger partial charge in [-0.25, -0.2) is 24.7 Å². The molecular weight excluding hydrogens is 484 g/mol. The van der Waals surface area contributed by atoms with E-state index in [1.807, 2.05) is 44.2 Å². The van der Waals surface area contributed by atoms with Crippen LogP contribution in [-0.4, -0.2) is 77.1 Å². The predicted octanol–water partition coefficient (Wildman–Crippen LogP) is 2.71. The fraction of sp³-hybridized carbons (Fsp3) is 0.444. The zero-order valence-electron chi connectivity index (χ0n) is 21.9. The Balaban J connectivity index is 1.56. The quantitative estimate of drug-likeness (QED) is 0.432. The Kier molecular flexibility index (Phi) is 7.94. The Hall–Kier alpha value is -3.83. The maximum atomic E-state index is 11.9. The van der Waals surface area contributed by atoms with Crippen LogP contribution in [0.1, 0.15) is 36.5 Å². The van der Waals surface area contributed by atoms with E-state index in [1.54, 1.807) is 6.20 Å². The highest BCUT2D eigenvalue weighted by Gasteiger charge is 2.34. The van der Waals surface area contributed by atoms with Crippen molar-refractivity contribution in [1.29, 1.82) is 0 Å². The molecule has 1 aromatic carbocycles. The first-order valence-corrected chi connectivity index (χ1v) is 13.1. The number of carbonyl (C=O) groups is 1. The Morgan fingerprint density at radius 1 is 1.11 bits per heavy atom. The summed E-state index contributed by atoms with van der Waals surface area (Å²) in [5.74, 6) is 3.07. The molecule has 11 nitrogen and oxygen atoms in total. The molecule has 2 amide bonds. The number of nitrogens with zero attached hydrogens (tertiary/aromatic N) is 6. The van der Waals surface area contributed by atoms with Crippen molar-refractivity contribution >= 4 is 23.4 Å². The van der Waals surface area contributed by atoms with Gasteiger partial charge in [0.05, 0.1) is 24.9 Å². The number of aliphatic hydroxyl groups excluding tert-OH is 1. The number of urea groups is 1. The van der Waals surface area contributed by atoms with Crippen molar-refractivity contribution in [3.63, 3.8) is 0 Å². The largest absolute Gasteiger partial charge is 0.396 e. The van der Waals surface area contributed by atoms with Crippen molar-refractivity contribution in [3.05, 3.63) is 53.6 Å². The summed E-state index contributed by atoms with van der Waals surface area (Å²) in [5.41, 5.74) is 3.57. The minimum atomic E-state index is -0.244. The molecule has 0 aliphatic carbocycles. The molecule has 1 fully saturated rings. The van der Waals surface area contributed by atoms with E-state index in [2.05, 4.69) is 30.4 Å². The van der Waals surface area contributed by atoms with Crippen LogP contribution in [-0.2, 0) is 11.2 Å². The molecule has 200 valence electrons. The van der Waals surface area contributed by atoms with Crippen molar-refractivity contribution in [2.24, 2.45) is 0 Å². The zero-order valence-corrected chi connectivity index (χ0v) is 21.9. The summed E-state index contributed by atoms with van der Waals surface area (Å²) < 4.78 is 5.61. The van der Waals surface area contributed by atoms with Gasteiger partial charge in [0.1, 0.15) is 17.5 Å². The third kappa shape index (κ3) is 5.53. The lowest BCUT2D eigenvalue weighted by atomic mass is 9.94.